The number of imidazole rings is 1. The zero-order chi connectivity index (χ0) is 13.8. The molecule has 0 spiro atoms. The minimum absolute atomic E-state index is 0.615. The van der Waals surface area contributed by atoms with Gasteiger partial charge in [0.2, 0.25) is 0 Å². The van der Waals surface area contributed by atoms with Crippen LogP contribution in [0.1, 0.15) is 24.0 Å². The molecule has 1 aromatic heterocycles. The predicted octanol–water partition coefficient (Wildman–Crippen LogP) is 2.87. The van der Waals surface area contributed by atoms with Crippen molar-refractivity contribution in [2.45, 2.75) is 32.1 Å². The molecule has 0 amide bonds. The molecule has 0 bridgehead atoms. The van der Waals surface area contributed by atoms with Gasteiger partial charge in [-0.1, -0.05) is 29.8 Å². The third-order valence-electron chi connectivity index (χ3n) is 3.71. The molecule has 2 aromatic rings. The summed E-state index contributed by atoms with van der Waals surface area (Å²) < 4.78 is 14.1. The van der Waals surface area contributed by atoms with Crippen molar-refractivity contribution in [3.05, 3.63) is 54.1 Å². The topological polar surface area (TPSA) is 36.3 Å². The van der Waals surface area contributed by atoms with Crippen LogP contribution in [0.4, 0.5) is 0 Å². The third-order valence-corrected chi connectivity index (χ3v) is 3.71. The Kier molecular flexibility index (Phi) is 3.85. The van der Waals surface area contributed by atoms with E-state index in [2.05, 4.69) is 40.7 Å². The summed E-state index contributed by atoms with van der Waals surface area (Å²) in [5.74, 6) is -0.615. The van der Waals surface area contributed by atoms with E-state index in [1.54, 1.807) is 6.20 Å². The highest BCUT2D eigenvalue weighted by molar-refractivity contribution is 5.25. The molecule has 0 N–H and O–H groups in total. The normalized spacial score (nSPS) is 18.1. The maximum atomic E-state index is 6.03. The van der Waals surface area contributed by atoms with Gasteiger partial charge in [-0.15, -0.1) is 0 Å². The highest BCUT2D eigenvalue weighted by Gasteiger charge is 2.36. The van der Waals surface area contributed by atoms with Gasteiger partial charge in [0.1, 0.15) is 0 Å². The van der Waals surface area contributed by atoms with Crippen LogP contribution in [0, 0.1) is 6.92 Å². The molecule has 3 rings (SSSR count). The van der Waals surface area contributed by atoms with Crippen LogP contribution in [0.5, 0.6) is 0 Å². The summed E-state index contributed by atoms with van der Waals surface area (Å²) >= 11 is 0. The lowest BCUT2D eigenvalue weighted by Gasteiger charge is -2.37. The summed E-state index contributed by atoms with van der Waals surface area (Å²) in [7, 11) is 0. The van der Waals surface area contributed by atoms with Gasteiger partial charge in [0.15, 0.2) is 5.79 Å². The Labute approximate surface area is 119 Å². The van der Waals surface area contributed by atoms with Crippen molar-refractivity contribution in [3.8, 4) is 0 Å². The highest BCUT2D eigenvalue weighted by atomic mass is 16.7. The molecule has 0 radical (unpaired) electrons. The minimum atomic E-state index is -0.615. The van der Waals surface area contributed by atoms with E-state index in [1.165, 1.54) is 5.56 Å². The Morgan fingerprint density at radius 1 is 1.20 bits per heavy atom. The molecule has 0 atom stereocenters. The first-order valence-corrected chi connectivity index (χ1v) is 7.09. The number of rotatable bonds is 4. The van der Waals surface area contributed by atoms with E-state index < -0.39 is 5.79 Å². The Morgan fingerprint density at radius 2 is 1.95 bits per heavy atom. The van der Waals surface area contributed by atoms with E-state index >= 15 is 0 Å². The summed E-state index contributed by atoms with van der Waals surface area (Å²) in [5, 5.41) is 0. The van der Waals surface area contributed by atoms with E-state index in [4.69, 9.17) is 9.47 Å². The quantitative estimate of drug-likeness (QED) is 0.858. The minimum Gasteiger partial charge on any atom is -0.346 e. The van der Waals surface area contributed by atoms with Gasteiger partial charge >= 0.3 is 0 Å². The first kappa shape index (κ1) is 13.3. The Balaban J connectivity index is 1.82. The predicted molar refractivity (Wildman–Crippen MR) is 76.2 cm³/mol. The second kappa shape index (κ2) is 5.77. The van der Waals surface area contributed by atoms with Crippen LogP contribution in [0.15, 0.2) is 43.0 Å². The van der Waals surface area contributed by atoms with Crippen LogP contribution in [-0.4, -0.2) is 22.8 Å². The third kappa shape index (κ3) is 2.76. The fourth-order valence-corrected chi connectivity index (χ4v) is 2.53. The van der Waals surface area contributed by atoms with Crippen molar-refractivity contribution in [1.29, 1.82) is 0 Å². The average molecular weight is 272 g/mol. The molecular formula is C16H20N2O2. The van der Waals surface area contributed by atoms with Crippen LogP contribution in [0.25, 0.3) is 0 Å². The first-order chi connectivity index (χ1) is 9.78. The van der Waals surface area contributed by atoms with Gasteiger partial charge in [0.25, 0.3) is 0 Å². The maximum Gasteiger partial charge on any atom is 0.196 e. The lowest BCUT2D eigenvalue weighted by molar-refractivity contribution is -0.281. The average Bonchev–Trinajstić information content (AvgIpc) is 3.00. The van der Waals surface area contributed by atoms with Crippen LogP contribution in [0.2, 0.25) is 0 Å². The molecule has 1 aromatic carbocycles. The number of ether oxygens (including phenoxy) is 2. The summed E-state index contributed by atoms with van der Waals surface area (Å²) in [6.45, 7) is 4.41. The molecule has 1 saturated heterocycles. The largest absolute Gasteiger partial charge is 0.346 e. The molecule has 1 fully saturated rings. The Hall–Kier alpha value is -1.65. The van der Waals surface area contributed by atoms with Gasteiger partial charge in [0, 0.05) is 30.9 Å². The van der Waals surface area contributed by atoms with Gasteiger partial charge in [-0.3, -0.25) is 0 Å². The molecule has 4 heteroatoms. The second-order valence-electron chi connectivity index (χ2n) is 5.22. The summed E-state index contributed by atoms with van der Waals surface area (Å²) in [6, 6.07) is 8.42. The number of aromatic nitrogens is 2. The molecule has 1 aliphatic rings. The number of benzene rings is 1. The highest BCUT2D eigenvalue weighted by Crippen LogP contribution is 2.34. The molecule has 0 saturated carbocycles. The fourth-order valence-electron chi connectivity index (χ4n) is 2.53. The van der Waals surface area contributed by atoms with E-state index in [9.17, 15) is 0 Å². The molecule has 1 aliphatic heterocycles. The van der Waals surface area contributed by atoms with Gasteiger partial charge < -0.3 is 14.0 Å². The van der Waals surface area contributed by atoms with E-state index in [0.717, 1.165) is 38.2 Å². The summed E-state index contributed by atoms with van der Waals surface area (Å²) in [4.78, 5) is 4.07. The smallest absolute Gasteiger partial charge is 0.196 e. The van der Waals surface area contributed by atoms with Crippen molar-refractivity contribution in [1.82, 2.24) is 9.55 Å². The van der Waals surface area contributed by atoms with Crippen LogP contribution < -0.4 is 0 Å². The lowest BCUT2D eigenvalue weighted by atomic mass is 10.00. The Bertz CT molecular complexity index is 528. The van der Waals surface area contributed by atoms with Crippen LogP contribution in [-0.2, 0) is 21.8 Å². The van der Waals surface area contributed by atoms with Crippen molar-refractivity contribution >= 4 is 0 Å². The molecule has 0 aliphatic carbocycles. The van der Waals surface area contributed by atoms with Crippen molar-refractivity contribution in [3.63, 3.8) is 0 Å². The van der Waals surface area contributed by atoms with Gasteiger partial charge in [-0.05, 0) is 13.3 Å². The van der Waals surface area contributed by atoms with E-state index in [0.29, 0.717) is 0 Å². The van der Waals surface area contributed by atoms with Gasteiger partial charge in [-0.25, -0.2) is 4.98 Å². The number of hydrogen-bond donors (Lipinski definition) is 0. The van der Waals surface area contributed by atoms with E-state index in [-0.39, 0.29) is 0 Å². The summed E-state index contributed by atoms with van der Waals surface area (Å²) in [5.41, 5.74) is 2.34. The molecule has 2 heterocycles. The zero-order valence-corrected chi connectivity index (χ0v) is 11.8. The number of aryl methyl sites for hydroxylation is 2. The molecular weight excluding hydrogens is 252 g/mol. The summed E-state index contributed by atoms with van der Waals surface area (Å²) in [6.07, 6.45) is 7.32. The molecule has 4 nitrogen and oxygen atoms in total. The second-order valence-corrected chi connectivity index (χ2v) is 5.22. The first-order valence-electron chi connectivity index (χ1n) is 7.09. The standard InChI is InChI=1S/C16H20N2O2/c1-14-3-5-15(6-4-14)16(19-11-2-12-20-16)7-9-18-10-8-17-13-18/h3-6,8,10,13H,2,7,9,11-12H2,1H3. The molecule has 106 valence electrons. The van der Waals surface area contributed by atoms with E-state index in [1.807, 2.05) is 12.5 Å². The van der Waals surface area contributed by atoms with Crippen LogP contribution >= 0.6 is 0 Å². The zero-order valence-electron chi connectivity index (χ0n) is 11.8. The van der Waals surface area contributed by atoms with Gasteiger partial charge in [-0.2, -0.15) is 0 Å². The van der Waals surface area contributed by atoms with Crippen molar-refractivity contribution in [2.24, 2.45) is 0 Å². The monoisotopic (exact) mass is 272 g/mol. The lowest BCUT2D eigenvalue weighted by Crippen LogP contribution is -2.39. The maximum absolute atomic E-state index is 6.03. The van der Waals surface area contributed by atoms with Gasteiger partial charge in [0.05, 0.1) is 19.5 Å². The fraction of sp³-hybridized carbons (Fsp3) is 0.438. The Morgan fingerprint density at radius 3 is 2.60 bits per heavy atom. The van der Waals surface area contributed by atoms with Crippen molar-refractivity contribution < 1.29 is 9.47 Å². The number of hydrogen-bond acceptors (Lipinski definition) is 3. The SMILES string of the molecule is Cc1ccc(C2(CCn3ccnc3)OCCCO2)cc1. The number of nitrogens with zero attached hydrogens (tertiary/aromatic N) is 2. The van der Waals surface area contributed by atoms with Crippen molar-refractivity contribution in [2.75, 3.05) is 13.2 Å². The molecule has 20 heavy (non-hydrogen) atoms. The molecule has 0 unspecified atom stereocenters. The van der Waals surface area contributed by atoms with Crippen LogP contribution in [0.3, 0.4) is 0 Å².